The Balaban J connectivity index is 1.29. The Kier molecular flexibility index (Phi) is 5.43. The lowest BCUT2D eigenvalue weighted by Gasteiger charge is -2.34. The standard InChI is InChI=1S/C22H24N8O2S/c1-17-14-18(2)30(26-17)22-15-21(23-16-24-22)27-10-12-28(13-11-27)33(31,32)20-6-4-19(5-7-20)29-9-3-8-25-29/h3-9,14-16H,10-13H2,1-2H3. The molecule has 0 radical (unpaired) electrons. The van der Waals surface area contributed by atoms with E-state index in [1.54, 1.807) is 39.8 Å². The summed E-state index contributed by atoms with van der Waals surface area (Å²) in [5.41, 5.74) is 2.72. The third kappa shape index (κ3) is 4.12. The van der Waals surface area contributed by atoms with Crippen LogP contribution in [0.25, 0.3) is 11.5 Å². The van der Waals surface area contributed by atoms with Crippen LogP contribution in [0.5, 0.6) is 0 Å². The minimum absolute atomic E-state index is 0.278. The van der Waals surface area contributed by atoms with Crippen molar-refractivity contribution in [3.05, 3.63) is 72.6 Å². The predicted octanol–water partition coefficient (Wildman–Crippen LogP) is 1.98. The first-order valence-corrected chi connectivity index (χ1v) is 12.1. The maximum atomic E-state index is 13.2. The van der Waals surface area contributed by atoms with Gasteiger partial charge in [0.1, 0.15) is 12.1 Å². The highest BCUT2D eigenvalue weighted by molar-refractivity contribution is 7.89. The molecule has 0 aliphatic carbocycles. The molecule has 4 heterocycles. The predicted molar refractivity (Wildman–Crippen MR) is 123 cm³/mol. The van der Waals surface area contributed by atoms with Gasteiger partial charge >= 0.3 is 0 Å². The van der Waals surface area contributed by atoms with Crippen LogP contribution in [0, 0.1) is 13.8 Å². The van der Waals surface area contributed by atoms with E-state index in [-0.39, 0.29) is 4.90 Å². The van der Waals surface area contributed by atoms with Crippen molar-refractivity contribution in [2.75, 3.05) is 31.1 Å². The highest BCUT2D eigenvalue weighted by atomic mass is 32.2. The summed E-state index contributed by atoms with van der Waals surface area (Å²) < 4.78 is 31.3. The second-order valence-electron chi connectivity index (χ2n) is 7.91. The van der Waals surface area contributed by atoms with Crippen LogP contribution >= 0.6 is 0 Å². The van der Waals surface area contributed by atoms with Gasteiger partial charge in [0, 0.05) is 50.3 Å². The number of anilines is 1. The van der Waals surface area contributed by atoms with Gasteiger partial charge in [0.05, 0.1) is 16.3 Å². The number of aryl methyl sites for hydroxylation is 2. The van der Waals surface area contributed by atoms with Crippen molar-refractivity contribution in [1.82, 2.24) is 33.8 Å². The fourth-order valence-electron chi connectivity index (χ4n) is 3.99. The van der Waals surface area contributed by atoms with Crippen LogP contribution in [0.15, 0.2) is 66.1 Å². The molecule has 0 saturated carbocycles. The Labute approximate surface area is 192 Å². The van der Waals surface area contributed by atoms with Gasteiger partial charge in [0.15, 0.2) is 5.82 Å². The number of benzene rings is 1. The monoisotopic (exact) mass is 464 g/mol. The van der Waals surface area contributed by atoms with Gasteiger partial charge in [-0.1, -0.05) is 0 Å². The minimum Gasteiger partial charge on any atom is -0.354 e. The van der Waals surface area contributed by atoms with Gasteiger partial charge in [-0.05, 0) is 50.2 Å². The zero-order chi connectivity index (χ0) is 23.0. The van der Waals surface area contributed by atoms with Gasteiger partial charge in [0.25, 0.3) is 0 Å². The summed E-state index contributed by atoms with van der Waals surface area (Å²) in [7, 11) is -3.58. The van der Waals surface area contributed by atoms with Crippen molar-refractivity contribution < 1.29 is 8.42 Å². The van der Waals surface area contributed by atoms with Crippen molar-refractivity contribution in [3.63, 3.8) is 0 Å². The molecule has 11 heteroatoms. The number of hydrogen-bond donors (Lipinski definition) is 0. The highest BCUT2D eigenvalue weighted by Gasteiger charge is 2.29. The zero-order valence-electron chi connectivity index (χ0n) is 18.4. The number of piperazine rings is 1. The fourth-order valence-corrected chi connectivity index (χ4v) is 5.41. The second-order valence-corrected chi connectivity index (χ2v) is 9.85. The SMILES string of the molecule is Cc1cc(C)n(-c2cc(N3CCN(S(=O)(=O)c4ccc(-n5cccn5)cc4)CC3)ncn2)n1. The van der Waals surface area contributed by atoms with Gasteiger partial charge in [-0.25, -0.2) is 27.7 Å². The minimum atomic E-state index is -3.58. The largest absolute Gasteiger partial charge is 0.354 e. The van der Waals surface area contributed by atoms with Crippen LogP contribution in [0.2, 0.25) is 0 Å². The number of rotatable bonds is 5. The Morgan fingerprint density at radius 3 is 2.27 bits per heavy atom. The summed E-state index contributed by atoms with van der Waals surface area (Å²) in [5, 5.41) is 8.65. The van der Waals surface area contributed by atoms with E-state index in [2.05, 4.69) is 25.1 Å². The van der Waals surface area contributed by atoms with Crippen molar-refractivity contribution in [3.8, 4) is 11.5 Å². The van der Waals surface area contributed by atoms with Gasteiger partial charge in [-0.15, -0.1) is 0 Å². The topological polar surface area (TPSA) is 102 Å². The van der Waals surface area contributed by atoms with E-state index >= 15 is 0 Å². The Morgan fingerprint density at radius 2 is 1.64 bits per heavy atom. The third-order valence-electron chi connectivity index (χ3n) is 5.67. The zero-order valence-corrected chi connectivity index (χ0v) is 19.2. The molecule has 0 bridgehead atoms. The third-order valence-corrected chi connectivity index (χ3v) is 7.58. The molecular weight excluding hydrogens is 440 g/mol. The van der Waals surface area contributed by atoms with E-state index in [9.17, 15) is 8.42 Å². The normalized spacial score (nSPS) is 15.2. The van der Waals surface area contributed by atoms with E-state index in [1.807, 2.05) is 38.2 Å². The van der Waals surface area contributed by atoms with E-state index in [1.165, 1.54) is 10.6 Å². The first-order chi connectivity index (χ1) is 15.9. The molecule has 1 aliphatic heterocycles. The highest BCUT2D eigenvalue weighted by Crippen LogP contribution is 2.22. The van der Waals surface area contributed by atoms with Gasteiger partial charge in [-0.2, -0.15) is 14.5 Å². The van der Waals surface area contributed by atoms with Gasteiger partial charge in [-0.3, -0.25) is 0 Å². The Bertz CT molecular complexity index is 1360. The van der Waals surface area contributed by atoms with Crippen LogP contribution in [-0.4, -0.2) is 68.4 Å². The maximum Gasteiger partial charge on any atom is 0.243 e. The summed E-state index contributed by atoms with van der Waals surface area (Å²) in [5.74, 6) is 1.45. The molecule has 5 rings (SSSR count). The number of sulfonamides is 1. The maximum absolute atomic E-state index is 13.2. The molecule has 0 N–H and O–H groups in total. The molecule has 0 amide bonds. The summed E-state index contributed by atoms with van der Waals surface area (Å²) in [6, 6.07) is 12.5. The van der Waals surface area contributed by atoms with Gasteiger partial charge < -0.3 is 4.90 Å². The molecule has 1 fully saturated rings. The molecule has 0 spiro atoms. The number of hydrogen-bond acceptors (Lipinski definition) is 7. The van der Waals surface area contributed by atoms with Crippen molar-refractivity contribution in [2.45, 2.75) is 18.7 Å². The van der Waals surface area contributed by atoms with E-state index in [4.69, 9.17) is 0 Å². The number of nitrogens with zero attached hydrogens (tertiary/aromatic N) is 8. The molecule has 1 saturated heterocycles. The van der Waals surface area contributed by atoms with E-state index in [0.717, 1.165) is 22.9 Å². The smallest absolute Gasteiger partial charge is 0.243 e. The Hall–Kier alpha value is -3.57. The first-order valence-electron chi connectivity index (χ1n) is 10.6. The van der Waals surface area contributed by atoms with Gasteiger partial charge in [0.2, 0.25) is 10.0 Å². The first kappa shape index (κ1) is 21.3. The number of aromatic nitrogens is 6. The van der Waals surface area contributed by atoms with Crippen molar-refractivity contribution in [1.29, 1.82) is 0 Å². The molecule has 0 atom stereocenters. The van der Waals surface area contributed by atoms with Crippen LogP contribution in [0.1, 0.15) is 11.4 Å². The molecule has 1 aliphatic rings. The second kappa shape index (κ2) is 8.41. The van der Waals surface area contributed by atoms with E-state index in [0.29, 0.717) is 32.0 Å². The quantitative estimate of drug-likeness (QED) is 0.445. The Morgan fingerprint density at radius 1 is 0.909 bits per heavy atom. The average Bonchev–Trinajstić information content (AvgIpc) is 3.49. The summed E-state index contributed by atoms with van der Waals surface area (Å²) >= 11 is 0. The molecule has 33 heavy (non-hydrogen) atoms. The van der Waals surface area contributed by atoms with Crippen LogP contribution in [0.3, 0.4) is 0 Å². The molecule has 4 aromatic rings. The summed E-state index contributed by atoms with van der Waals surface area (Å²) in [6.07, 6.45) is 5.02. The summed E-state index contributed by atoms with van der Waals surface area (Å²) in [4.78, 5) is 11.1. The van der Waals surface area contributed by atoms with E-state index < -0.39 is 10.0 Å². The van der Waals surface area contributed by atoms with Crippen molar-refractivity contribution in [2.24, 2.45) is 0 Å². The lowest BCUT2D eigenvalue weighted by molar-refractivity contribution is 0.383. The van der Waals surface area contributed by atoms with Crippen molar-refractivity contribution >= 4 is 15.8 Å². The molecular formula is C22H24N8O2S. The molecule has 10 nitrogen and oxygen atoms in total. The molecule has 1 aromatic carbocycles. The van der Waals surface area contributed by atoms with Crippen LogP contribution in [0.4, 0.5) is 5.82 Å². The summed E-state index contributed by atoms with van der Waals surface area (Å²) in [6.45, 7) is 5.75. The average molecular weight is 465 g/mol. The molecule has 3 aromatic heterocycles. The van der Waals surface area contributed by atoms with Crippen LogP contribution < -0.4 is 4.90 Å². The molecule has 170 valence electrons. The lowest BCUT2D eigenvalue weighted by atomic mass is 10.3. The van der Waals surface area contributed by atoms with Crippen LogP contribution in [-0.2, 0) is 10.0 Å². The fraction of sp³-hybridized carbons (Fsp3) is 0.273. The lowest BCUT2D eigenvalue weighted by Crippen LogP contribution is -2.49. The molecule has 0 unspecified atom stereocenters.